The van der Waals surface area contributed by atoms with E-state index in [-0.39, 0.29) is 23.3 Å². The normalized spacial score (nSPS) is 15.1. The van der Waals surface area contributed by atoms with Crippen LogP contribution in [0.5, 0.6) is 0 Å². The molecule has 1 heterocycles. The van der Waals surface area contributed by atoms with E-state index in [1.165, 1.54) is 16.7 Å². The molecule has 0 unspecified atom stereocenters. The quantitative estimate of drug-likeness (QED) is 0.786. The Morgan fingerprint density at radius 1 is 0.967 bits per heavy atom. The molecule has 0 aromatic heterocycles. The highest BCUT2D eigenvalue weighted by atomic mass is 16.2. The van der Waals surface area contributed by atoms with E-state index in [1.54, 1.807) is 0 Å². The highest BCUT2D eigenvalue weighted by Gasteiger charge is 2.25. The summed E-state index contributed by atoms with van der Waals surface area (Å²) in [5.74, 6) is 0.178. The minimum atomic E-state index is 0.0809. The van der Waals surface area contributed by atoms with Gasteiger partial charge in [-0.1, -0.05) is 62.7 Å². The van der Waals surface area contributed by atoms with Crippen LogP contribution in [-0.2, 0) is 16.6 Å². The van der Waals surface area contributed by atoms with E-state index in [1.807, 2.05) is 29.2 Å². The molecule has 4 heteroatoms. The van der Waals surface area contributed by atoms with Crippen LogP contribution < -0.4 is 5.32 Å². The molecule has 1 aliphatic rings. The van der Waals surface area contributed by atoms with Gasteiger partial charge in [-0.05, 0) is 54.9 Å². The topological polar surface area (TPSA) is 49.4 Å². The minimum Gasteiger partial charge on any atom is -0.353 e. The van der Waals surface area contributed by atoms with Crippen LogP contribution in [0.15, 0.2) is 48.5 Å². The number of benzene rings is 2. The Morgan fingerprint density at radius 2 is 1.57 bits per heavy atom. The summed E-state index contributed by atoms with van der Waals surface area (Å²) in [6.07, 6.45) is 2.88. The number of carbonyl (C=O) groups is 2. The lowest BCUT2D eigenvalue weighted by Crippen LogP contribution is -2.46. The number of rotatable bonds is 5. The summed E-state index contributed by atoms with van der Waals surface area (Å²) < 4.78 is 0. The van der Waals surface area contributed by atoms with Crippen molar-refractivity contribution in [1.82, 2.24) is 10.2 Å². The fraction of sp³-hybridized carbons (Fsp3) is 0.462. The summed E-state index contributed by atoms with van der Waals surface area (Å²) >= 11 is 0. The summed E-state index contributed by atoms with van der Waals surface area (Å²) in [7, 11) is 0. The second kappa shape index (κ2) is 9.46. The van der Waals surface area contributed by atoms with Crippen molar-refractivity contribution in [2.24, 2.45) is 0 Å². The van der Waals surface area contributed by atoms with Crippen molar-refractivity contribution in [1.29, 1.82) is 0 Å². The zero-order chi connectivity index (χ0) is 21.7. The summed E-state index contributed by atoms with van der Waals surface area (Å²) in [4.78, 5) is 27.0. The number of nitrogens with zero attached hydrogens (tertiary/aromatic N) is 1. The summed E-state index contributed by atoms with van der Waals surface area (Å²) in [6.45, 7) is 9.94. The predicted molar refractivity (Wildman–Crippen MR) is 122 cm³/mol. The van der Waals surface area contributed by atoms with E-state index in [0.29, 0.717) is 19.5 Å². The van der Waals surface area contributed by atoms with Gasteiger partial charge in [-0.3, -0.25) is 9.59 Å². The molecular weight excluding hydrogens is 372 g/mol. The van der Waals surface area contributed by atoms with Gasteiger partial charge in [-0.15, -0.1) is 0 Å². The summed E-state index contributed by atoms with van der Waals surface area (Å²) in [6, 6.07) is 16.4. The van der Waals surface area contributed by atoms with Crippen molar-refractivity contribution in [3.8, 4) is 0 Å². The third kappa shape index (κ3) is 5.94. The lowest BCUT2D eigenvalue weighted by atomic mass is 9.86. The molecule has 30 heavy (non-hydrogen) atoms. The molecule has 3 rings (SSSR count). The SMILES string of the molecule is Cc1ccc(CCC(=O)NC2CCN(C(=O)c3ccc(C(C)(C)C)cc3)CC2)cc1. The van der Waals surface area contributed by atoms with Gasteiger partial charge in [0.25, 0.3) is 5.91 Å². The highest BCUT2D eigenvalue weighted by Crippen LogP contribution is 2.23. The number of carbonyl (C=O) groups excluding carboxylic acids is 2. The highest BCUT2D eigenvalue weighted by molar-refractivity contribution is 5.94. The van der Waals surface area contributed by atoms with E-state index in [2.05, 4.69) is 57.3 Å². The number of hydrogen-bond donors (Lipinski definition) is 1. The maximum Gasteiger partial charge on any atom is 0.253 e. The molecule has 0 saturated carbocycles. The fourth-order valence-corrected chi connectivity index (χ4v) is 3.83. The summed E-state index contributed by atoms with van der Waals surface area (Å²) in [5, 5.41) is 3.15. The molecule has 0 radical (unpaired) electrons. The second-order valence-corrected chi connectivity index (χ2v) is 9.45. The van der Waals surface area contributed by atoms with Crippen LogP contribution >= 0.6 is 0 Å². The molecule has 4 nitrogen and oxygen atoms in total. The molecule has 1 aliphatic heterocycles. The van der Waals surface area contributed by atoms with Crippen LogP contribution in [0.4, 0.5) is 0 Å². The minimum absolute atomic E-state index is 0.0809. The van der Waals surface area contributed by atoms with Crippen molar-refractivity contribution in [2.75, 3.05) is 13.1 Å². The van der Waals surface area contributed by atoms with Gasteiger partial charge in [0.05, 0.1) is 0 Å². The number of hydrogen-bond acceptors (Lipinski definition) is 2. The Kier molecular flexibility index (Phi) is 6.96. The number of nitrogens with one attached hydrogen (secondary N) is 1. The number of aryl methyl sites for hydroxylation is 2. The van der Waals surface area contributed by atoms with Gasteiger partial charge in [-0.2, -0.15) is 0 Å². The fourth-order valence-electron chi connectivity index (χ4n) is 3.83. The number of likely N-dealkylation sites (tertiary alicyclic amines) is 1. The first-order valence-electron chi connectivity index (χ1n) is 11.0. The maximum atomic E-state index is 12.8. The molecule has 1 N–H and O–H groups in total. The third-order valence-corrected chi connectivity index (χ3v) is 5.91. The lowest BCUT2D eigenvalue weighted by Gasteiger charge is -2.32. The van der Waals surface area contributed by atoms with Gasteiger partial charge < -0.3 is 10.2 Å². The van der Waals surface area contributed by atoms with E-state index in [0.717, 1.165) is 24.8 Å². The molecule has 1 saturated heterocycles. The molecule has 0 spiro atoms. The Labute approximate surface area is 180 Å². The van der Waals surface area contributed by atoms with Crippen LogP contribution in [0.1, 0.15) is 67.1 Å². The van der Waals surface area contributed by atoms with Crippen LogP contribution in [-0.4, -0.2) is 35.8 Å². The first-order valence-corrected chi connectivity index (χ1v) is 11.0. The molecule has 0 atom stereocenters. The first-order chi connectivity index (χ1) is 14.2. The Bertz CT molecular complexity index is 855. The summed E-state index contributed by atoms with van der Waals surface area (Å²) in [5.41, 5.74) is 4.47. The van der Waals surface area contributed by atoms with Crippen LogP contribution in [0, 0.1) is 6.92 Å². The van der Waals surface area contributed by atoms with Gasteiger partial charge in [0.2, 0.25) is 5.91 Å². The molecule has 1 fully saturated rings. The Balaban J connectivity index is 1.44. The van der Waals surface area contributed by atoms with Gasteiger partial charge >= 0.3 is 0 Å². The molecule has 0 aliphatic carbocycles. The average Bonchev–Trinajstić information content (AvgIpc) is 2.73. The zero-order valence-electron chi connectivity index (χ0n) is 18.7. The van der Waals surface area contributed by atoms with Crippen molar-refractivity contribution in [3.63, 3.8) is 0 Å². The van der Waals surface area contributed by atoms with Crippen molar-refractivity contribution in [3.05, 3.63) is 70.8 Å². The molecular formula is C26H34N2O2. The third-order valence-electron chi connectivity index (χ3n) is 5.91. The van der Waals surface area contributed by atoms with Crippen LogP contribution in [0.2, 0.25) is 0 Å². The second-order valence-electron chi connectivity index (χ2n) is 9.45. The standard InChI is InChI=1S/C26H34N2O2/c1-19-5-7-20(8-6-19)9-14-24(29)27-23-15-17-28(18-16-23)25(30)21-10-12-22(13-11-21)26(2,3)4/h5-8,10-13,23H,9,14-18H2,1-4H3,(H,27,29). The Hall–Kier alpha value is -2.62. The average molecular weight is 407 g/mol. The molecule has 2 amide bonds. The van der Waals surface area contributed by atoms with E-state index < -0.39 is 0 Å². The molecule has 0 bridgehead atoms. The van der Waals surface area contributed by atoms with E-state index in [4.69, 9.17) is 0 Å². The maximum absolute atomic E-state index is 12.8. The van der Waals surface area contributed by atoms with Gasteiger partial charge in [0.1, 0.15) is 0 Å². The van der Waals surface area contributed by atoms with Crippen molar-refractivity contribution >= 4 is 11.8 Å². The van der Waals surface area contributed by atoms with Gasteiger partial charge in [0.15, 0.2) is 0 Å². The monoisotopic (exact) mass is 406 g/mol. The smallest absolute Gasteiger partial charge is 0.253 e. The molecule has 2 aromatic carbocycles. The van der Waals surface area contributed by atoms with E-state index >= 15 is 0 Å². The molecule has 160 valence electrons. The number of amides is 2. The van der Waals surface area contributed by atoms with Crippen molar-refractivity contribution in [2.45, 2.75) is 64.8 Å². The first kappa shape index (κ1) is 22.1. The van der Waals surface area contributed by atoms with E-state index in [9.17, 15) is 9.59 Å². The Morgan fingerprint density at radius 3 is 2.13 bits per heavy atom. The number of piperidine rings is 1. The van der Waals surface area contributed by atoms with Crippen LogP contribution in [0.25, 0.3) is 0 Å². The molecule has 2 aromatic rings. The van der Waals surface area contributed by atoms with Gasteiger partial charge in [0, 0.05) is 31.1 Å². The largest absolute Gasteiger partial charge is 0.353 e. The van der Waals surface area contributed by atoms with Crippen molar-refractivity contribution < 1.29 is 9.59 Å². The zero-order valence-corrected chi connectivity index (χ0v) is 18.7. The van der Waals surface area contributed by atoms with Crippen LogP contribution in [0.3, 0.4) is 0 Å². The van der Waals surface area contributed by atoms with Gasteiger partial charge in [-0.25, -0.2) is 0 Å². The predicted octanol–water partition coefficient (Wildman–Crippen LogP) is 4.65. The lowest BCUT2D eigenvalue weighted by molar-refractivity contribution is -0.122.